The second-order valence-corrected chi connectivity index (χ2v) is 11.2. The van der Waals surface area contributed by atoms with Crippen LogP contribution in [-0.2, 0) is 29.6 Å². The molecule has 0 aliphatic heterocycles. The van der Waals surface area contributed by atoms with Gasteiger partial charge in [0.25, 0.3) is 0 Å². The van der Waals surface area contributed by atoms with E-state index in [-0.39, 0.29) is 39.6 Å². The van der Waals surface area contributed by atoms with E-state index < -0.39 is 10.4 Å². The van der Waals surface area contributed by atoms with E-state index in [0.717, 1.165) is 13.2 Å². The van der Waals surface area contributed by atoms with Crippen molar-refractivity contribution in [2.24, 2.45) is 0 Å². The highest BCUT2D eigenvalue weighted by Gasteiger charge is 2.05. The third-order valence-electron chi connectivity index (χ3n) is 6.15. The van der Waals surface area contributed by atoms with Crippen LogP contribution in [0.2, 0.25) is 0 Å². The van der Waals surface area contributed by atoms with Crippen LogP contribution in [0.4, 0.5) is 0 Å². The van der Waals surface area contributed by atoms with Gasteiger partial charge in [0, 0.05) is 13.2 Å². The van der Waals surface area contributed by atoms with Gasteiger partial charge in [0.1, 0.15) is 0 Å². The number of aliphatic hydroxyl groups is 3. The maximum Gasteiger partial charge on any atom is 0.394 e. The van der Waals surface area contributed by atoms with Gasteiger partial charge in [0.2, 0.25) is 0 Å². The molecule has 0 aliphatic rings. The minimum Gasteiger partial charge on any atom is -0.394 e. The molecule has 0 aromatic carbocycles. The summed E-state index contributed by atoms with van der Waals surface area (Å²) in [7, 11) is -4.67. The molecule has 0 unspecified atom stereocenters. The molecule has 13 heteroatoms. The van der Waals surface area contributed by atoms with Crippen LogP contribution in [0.15, 0.2) is 0 Å². The summed E-state index contributed by atoms with van der Waals surface area (Å²) in [6.07, 6.45) is 28.2. The topological polar surface area (TPSA) is 175 Å². The molecule has 0 fully saturated rings. The Hall–Kier alpha value is -0.450. The average Bonchev–Trinajstić information content (AvgIpc) is 2.97. The fourth-order valence-electron chi connectivity index (χ4n) is 3.94. The van der Waals surface area contributed by atoms with Crippen LogP contribution < -0.4 is 0 Å². The summed E-state index contributed by atoms with van der Waals surface area (Å²) in [4.78, 5) is 14.1. The summed E-state index contributed by atoms with van der Waals surface area (Å²) in [6, 6.07) is 0. The maximum atomic E-state index is 8.74. The summed E-state index contributed by atoms with van der Waals surface area (Å²) in [5.74, 6) is 0. The monoisotopic (exact) mass is 649 g/mol. The van der Waals surface area contributed by atoms with E-state index in [2.05, 4.69) is 13.8 Å². The first-order chi connectivity index (χ1) is 20.8. The van der Waals surface area contributed by atoms with E-state index >= 15 is 0 Å². The van der Waals surface area contributed by atoms with Crippen LogP contribution in [0, 0.1) is 0 Å². The minimum atomic E-state index is -4.67. The largest absolute Gasteiger partial charge is 0.394 e. The van der Waals surface area contributed by atoms with Gasteiger partial charge < -0.3 is 20.1 Å². The Labute approximate surface area is 262 Å². The Morgan fingerprint density at radius 1 is 0.442 bits per heavy atom. The molecular formula is C30H67NO11S. The first kappa shape index (κ1) is 47.0. The van der Waals surface area contributed by atoms with Gasteiger partial charge in [0.15, 0.2) is 0 Å². The lowest BCUT2D eigenvalue weighted by Crippen LogP contribution is -2.28. The molecule has 0 saturated heterocycles. The Bertz CT molecular complexity index is 537. The van der Waals surface area contributed by atoms with Gasteiger partial charge in [-0.2, -0.15) is 8.42 Å². The molecule has 0 aliphatic carbocycles. The molecule has 0 aromatic rings. The molecule has 0 rings (SSSR count). The molecule has 0 amide bonds. The van der Waals surface area contributed by atoms with Crippen molar-refractivity contribution < 1.29 is 52.1 Å². The molecule has 0 bridgehead atoms. The summed E-state index contributed by atoms with van der Waals surface area (Å²) in [5.41, 5.74) is 0. The third-order valence-corrected chi connectivity index (χ3v) is 6.15. The highest BCUT2D eigenvalue weighted by Crippen LogP contribution is 2.12. The van der Waals surface area contributed by atoms with Crippen LogP contribution >= 0.6 is 0 Å². The first-order valence-corrected chi connectivity index (χ1v) is 17.9. The Morgan fingerprint density at radius 3 is 0.907 bits per heavy atom. The first-order valence-electron chi connectivity index (χ1n) is 16.6. The third kappa shape index (κ3) is 57.7. The lowest BCUT2D eigenvalue weighted by molar-refractivity contribution is -0.527. The molecule has 0 spiro atoms. The zero-order chi connectivity index (χ0) is 32.7. The predicted molar refractivity (Wildman–Crippen MR) is 170 cm³/mol. The summed E-state index contributed by atoms with van der Waals surface area (Å²) >= 11 is 0. The van der Waals surface area contributed by atoms with Crippen LogP contribution in [0.3, 0.4) is 0 Å². The van der Waals surface area contributed by atoms with Crippen molar-refractivity contribution in [1.29, 1.82) is 0 Å². The smallest absolute Gasteiger partial charge is 0.394 e. The van der Waals surface area contributed by atoms with E-state index in [0.29, 0.717) is 5.39 Å². The van der Waals surface area contributed by atoms with Gasteiger partial charge in [-0.1, -0.05) is 129 Å². The lowest BCUT2D eigenvalue weighted by Gasteiger charge is -2.17. The summed E-state index contributed by atoms with van der Waals surface area (Å²) in [5, 5.41) is 25.9. The van der Waals surface area contributed by atoms with Crippen molar-refractivity contribution in [2.45, 2.75) is 142 Å². The molecule has 0 heterocycles. The van der Waals surface area contributed by atoms with Crippen molar-refractivity contribution in [3.63, 3.8) is 0 Å². The molecule has 43 heavy (non-hydrogen) atoms. The molecule has 12 nitrogen and oxygen atoms in total. The molecule has 0 atom stereocenters. The minimum absolute atomic E-state index is 0.0108. The number of nitrogens with zero attached hydrogens (tertiary/aromatic N) is 1. The molecule has 0 radical (unpaired) electrons. The zero-order valence-electron chi connectivity index (χ0n) is 27.3. The Morgan fingerprint density at radius 2 is 0.674 bits per heavy atom. The van der Waals surface area contributed by atoms with Crippen molar-refractivity contribution in [1.82, 2.24) is 5.39 Å². The zero-order valence-corrected chi connectivity index (χ0v) is 28.2. The van der Waals surface area contributed by atoms with Gasteiger partial charge >= 0.3 is 10.4 Å². The van der Waals surface area contributed by atoms with Gasteiger partial charge in [0.05, 0.1) is 45.0 Å². The van der Waals surface area contributed by atoms with E-state index in [1.54, 1.807) is 0 Å². The molecule has 264 valence electrons. The van der Waals surface area contributed by atoms with E-state index in [9.17, 15) is 0 Å². The fraction of sp³-hybridized carbons (Fsp3) is 1.00. The van der Waals surface area contributed by atoms with E-state index in [4.69, 9.17) is 52.1 Å². The number of aliphatic hydroxyl groups excluding tert-OH is 3. The average molecular weight is 650 g/mol. The van der Waals surface area contributed by atoms with Crippen LogP contribution in [0.5, 0.6) is 0 Å². The normalized spacial score (nSPS) is 11.3. The van der Waals surface area contributed by atoms with Crippen LogP contribution in [-0.4, -0.2) is 91.1 Å². The maximum absolute atomic E-state index is 8.74. The van der Waals surface area contributed by atoms with Crippen molar-refractivity contribution in [3.05, 3.63) is 0 Å². The number of unbranched alkanes of at least 4 members (excludes halogenated alkanes) is 18. The fourth-order valence-corrected chi connectivity index (χ4v) is 3.94. The van der Waals surface area contributed by atoms with Gasteiger partial charge in [-0.05, 0) is 12.8 Å². The van der Waals surface area contributed by atoms with Crippen molar-refractivity contribution in [2.75, 3.05) is 52.9 Å². The van der Waals surface area contributed by atoms with E-state index in [1.165, 1.54) is 128 Å². The second-order valence-electron chi connectivity index (χ2n) is 10.3. The van der Waals surface area contributed by atoms with Crippen LogP contribution in [0.25, 0.3) is 0 Å². The van der Waals surface area contributed by atoms with E-state index in [1.807, 2.05) is 0 Å². The summed E-state index contributed by atoms with van der Waals surface area (Å²) in [6.45, 7) is 6.06. The van der Waals surface area contributed by atoms with Crippen molar-refractivity contribution >= 4 is 10.4 Å². The predicted octanol–water partition coefficient (Wildman–Crippen LogP) is 6.25. The quantitative estimate of drug-likeness (QED) is 0.0325. The van der Waals surface area contributed by atoms with Gasteiger partial charge in [-0.3, -0.25) is 9.11 Å². The highest BCUT2D eigenvalue weighted by molar-refractivity contribution is 7.79. The van der Waals surface area contributed by atoms with Crippen molar-refractivity contribution in [3.8, 4) is 0 Å². The SMILES string of the molecule is CCCCCCCCCCCCOCCCCCCCCCCCC.O=S(=O)(O)O.OCCON(OCCO)OCCO. The molecule has 0 saturated carbocycles. The second kappa shape index (κ2) is 41.5. The summed E-state index contributed by atoms with van der Waals surface area (Å²) < 4.78 is 37.4. The van der Waals surface area contributed by atoms with Crippen LogP contribution in [0.1, 0.15) is 142 Å². The number of ether oxygens (including phenoxy) is 1. The standard InChI is InChI=1S/C24H50O.C6H15NO6.H2O4S/c1-3-5-7-9-11-13-15-17-19-21-23-25-24-22-20-18-16-14-12-10-8-6-4-2;8-1-4-11-7(12-5-2-9)13-6-3-10;1-5(2,3)4/h3-24H2,1-2H3;8-10H,1-6H2;(H2,1,2,3,4). The highest BCUT2D eigenvalue weighted by atomic mass is 32.3. The molecule has 0 aromatic heterocycles. The molecule has 5 N–H and O–H groups in total. The van der Waals surface area contributed by atoms with Gasteiger partial charge in [-0.25, -0.2) is 14.5 Å². The Balaban J connectivity index is -0.000000735. The van der Waals surface area contributed by atoms with Gasteiger partial charge in [-0.15, -0.1) is 0 Å². The Kier molecular flexibility index (Phi) is 45.4. The number of hydrogen-bond acceptors (Lipinski definition) is 10. The number of hydrogen-bond donors (Lipinski definition) is 5. The number of rotatable bonds is 31. The lowest BCUT2D eigenvalue weighted by atomic mass is 10.1. The molecular weight excluding hydrogens is 582 g/mol.